The zero-order valence-corrected chi connectivity index (χ0v) is 16.7. The Morgan fingerprint density at radius 2 is 1.83 bits per heavy atom. The van der Waals surface area contributed by atoms with Crippen molar-refractivity contribution in [3.63, 3.8) is 0 Å². The van der Waals surface area contributed by atoms with Crippen LogP contribution in [0.25, 0.3) is 11.3 Å². The van der Waals surface area contributed by atoms with E-state index in [2.05, 4.69) is 15.3 Å². The van der Waals surface area contributed by atoms with E-state index in [4.69, 9.17) is 9.47 Å². The van der Waals surface area contributed by atoms with E-state index in [0.717, 1.165) is 41.0 Å². The molecule has 0 saturated heterocycles. The molecule has 1 fully saturated rings. The van der Waals surface area contributed by atoms with Crippen molar-refractivity contribution in [2.75, 3.05) is 19.5 Å². The molecule has 0 atom stereocenters. The summed E-state index contributed by atoms with van der Waals surface area (Å²) < 4.78 is 10.4. The Labute approximate surface area is 171 Å². The highest BCUT2D eigenvalue weighted by molar-refractivity contribution is 6.01. The van der Waals surface area contributed by atoms with Gasteiger partial charge in [0, 0.05) is 19.3 Å². The normalized spacial score (nSPS) is 14.2. The van der Waals surface area contributed by atoms with Gasteiger partial charge < -0.3 is 14.8 Å². The highest BCUT2D eigenvalue weighted by Gasteiger charge is 2.51. The molecule has 1 aliphatic rings. The summed E-state index contributed by atoms with van der Waals surface area (Å²) in [5.41, 5.74) is 3.20. The highest BCUT2D eigenvalue weighted by atomic mass is 16.5. The minimum absolute atomic E-state index is 0. The number of amides is 1. The second kappa shape index (κ2) is 7.54. The predicted octanol–water partition coefficient (Wildman–Crippen LogP) is 4.39. The molecule has 0 unspecified atom stereocenters. The van der Waals surface area contributed by atoms with Crippen LogP contribution in [0, 0.1) is 6.92 Å². The fourth-order valence-corrected chi connectivity index (χ4v) is 3.48. The molecule has 6 heteroatoms. The van der Waals surface area contributed by atoms with Crippen molar-refractivity contribution in [1.29, 1.82) is 0 Å². The first-order chi connectivity index (χ1) is 14.1. The largest absolute Gasteiger partial charge is 0.497 e. The quantitative estimate of drug-likeness (QED) is 0.675. The van der Waals surface area contributed by atoms with Gasteiger partial charge in [0.25, 0.3) is 0 Å². The molecule has 1 aromatic carbocycles. The first-order valence-corrected chi connectivity index (χ1v) is 9.50. The van der Waals surface area contributed by atoms with Crippen LogP contribution in [0.3, 0.4) is 0 Å². The van der Waals surface area contributed by atoms with E-state index in [-0.39, 0.29) is 7.33 Å². The van der Waals surface area contributed by atoms with Crippen molar-refractivity contribution in [3.05, 3.63) is 65.9 Å². The standard InChI is InChI=1S/C23H23N3O3.H2/c1-15-4-9-19(25-21(15)16-10-13-24-20(14-16)29-3)26-22(27)23(11-12-23)17-5-7-18(28-2)8-6-17;/h4-10,13-14H,11-12H2,1-3H3,(H,25,26,27);1H. The number of methoxy groups -OCH3 is 2. The van der Waals surface area contributed by atoms with Crippen LogP contribution in [0.2, 0.25) is 0 Å². The van der Waals surface area contributed by atoms with Gasteiger partial charge in [0.1, 0.15) is 11.6 Å². The molecule has 29 heavy (non-hydrogen) atoms. The summed E-state index contributed by atoms with van der Waals surface area (Å²) in [5, 5.41) is 3.01. The topological polar surface area (TPSA) is 73.3 Å². The van der Waals surface area contributed by atoms with Gasteiger partial charge in [0.15, 0.2) is 0 Å². The van der Waals surface area contributed by atoms with Gasteiger partial charge in [0.05, 0.1) is 25.3 Å². The number of carbonyl (C=O) groups is 1. The van der Waals surface area contributed by atoms with Crippen LogP contribution >= 0.6 is 0 Å². The number of nitrogens with zero attached hydrogens (tertiary/aromatic N) is 2. The van der Waals surface area contributed by atoms with Crippen LogP contribution in [-0.2, 0) is 10.2 Å². The molecule has 3 aromatic rings. The number of carbonyl (C=O) groups excluding carboxylic acids is 1. The van der Waals surface area contributed by atoms with E-state index >= 15 is 0 Å². The van der Waals surface area contributed by atoms with Crippen molar-refractivity contribution < 1.29 is 15.7 Å². The number of benzene rings is 1. The molecule has 1 N–H and O–H groups in total. The molecule has 150 valence electrons. The maximum absolute atomic E-state index is 13.1. The SMILES string of the molecule is COc1ccc(C2(C(=O)Nc3ccc(C)c(-c4ccnc(OC)c4)n3)CC2)cc1.[HH]. The lowest BCUT2D eigenvalue weighted by atomic mass is 9.95. The summed E-state index contributed by atoms with van der Waals surface area (Å²) in [6.07, 6.45) is 3.33. The zero-order valence-electron chi connectivity index (χ0n) is 16.7. The molecular weight excluding hydrogens is 366 g/mol. The number of hydrogen-bond donors (Lipinski definition) is 1. The lowest BCUT2D eigenvalue weighted by Gasteiger charge is -2.17. The lowest BCUT2D eigenvalue weighted by Crippen LogP contribution is -2.28. The molecule has 1 amide bonds. The van der Waals surface area contributed by atoms with Crippen LogP contribution in [0.1, 0.15) is 25.4 Å². The summed E-state index contributed by atoms with van der Waals surface area (Å²) in [6.45, 7) is 1.99. The second-order valence-electron chi connectivity index (χ2n) is 7.21. The monoisotopic (exact) mass is 391 g/mol. The number of pyridine rings is 2. The van der Waals surface area contributed by atoms with Gasteiger partial charge in [-0.1, -0.05) is 18.2 Å². The summed E-state index contributed by atoms with van der Waals surface area (Å²) in [4.78, 5) is 21.9. The van der Waals surface area contributed by atoms with Gasteiger partial charge in [0.2, 0.25) is 11.8 Å². The Kier molecular flexibility index (Phi) is 4.92. The van der Waals surface area contributed by atoms with Crippen molar-refractivity contribution >= 4 is 11.7 Å². The molecule has 2 aromatic heterocycles. The van der Waals surface area contributed by atoms with E-state index in [1.54, 1.807) is 20.4 Å². The molecule has 0 radical (unpaired) electrons. The van der Waals surface area contributed by atoms with Crippen molar-refractivity contribution in [1.82, 2.24) is 9.97 Å². The second-order valence-corrected chi connectivity index (χ2v) is 7.21. The molecule has 0 aliphatic heterocycles. The molecule has 0 bridgehead atoms. The van der Waals surface area contributed by atoms with Crippen molar-refractivity contribution in [2.24, 2.45) is 0 Å². The average Bonchev–Trinajstić information content (AvgIpc) is 3.57. The van der Waals surface area contributed by atoms with Crippen LogP contribution in [0.5, 0.6) is 11.6 Å². The Morgan fingerprint density at radius 3 is 2.48 bits per heavy atom. The molecule has 1 saturated carbocycles. The van der Waals surface area contributed by atoms with Gasteiger partial charge in [-0.25, -0.2) is 9.97 Å². The van der Waals surface area contributed by atoms with Gasteiger partial charge in [-0.15, -0.1) is 0 Å². The first kappa shape index (κ1) is 18.9. The third-order valence-electron chi connectivity index (χ3n) is 5.38. The fraction of sp³-hybridized carbons (Fsp3) is 0.261. The number of hydrogen-bond acceptors (Lipinski definition) is 5. The van der Waals surface area contributed by atoms with E-state index in [0.29, 0.717) is 11.7 Å². The Hall–Kier alpha value is -3.41. The van der Waals surface area contributed by atoms with Gasteiger partial charge >= 0.3 is 0 Å². The van der Waals surface area contributed by atoms with Crippen LogP contribution in [-0.4, -0.2) is 30.1 Å². The summed E-state index contributed by atoms with van der Waals surface area (Å²) in [5.74, 6) is 1.81. The molecule has 4 rings (SSSR count). The van der Waals surface area contributed by atoms with E-state index in [9.17, 15) is 4.79 Å². The first-order valence-electron chi connectivity index (χ1n) is 9.50. The fourth-order valence-electron chi connectivity index (χ4n) is 3.48. The minimum atomic E-state index is -0.487. The smallest absolute Gasteiger partial charge is 0.236 e. The molecular formula is C23H25N3O3. The number of aryl methyl sites for hydroxylation is 1. The Morgan fingerprint density at radius 1 is 1.07 bits per heavy atom. The van der Waals surface area contributed by atoms with E-state index in [1.807, 2.05) is 55.5 Å². The van der Waals surface area contributed by atoms with Gasteiger partial charge in [-0.3, -0.25) is 4.79 Å². The molecule has 6 nitrogen and oxygen atoms in total. The summed E-state index contributed by atoms with van der Waals surface area (Å²) in [7, 11) is 3.21. The number of ether oxygens (including phenoxy) is 2. The third-order valence-corrected chi connectivity index (χ3v) is 5.38. The van der Waals surface area contributed by atoms with Crippen molar-refractivity contribution in [3.8, 4) is 22.9 Å². The third kappa shape index (κ3) is 3.66. The maximum Gasteiger partial charge on any atom is 0.236 e. The Balaban J connectivity index is 0.00000256. The number of rotatable bonds is 6. The molecule has 0 spiro atoms. The van der Waals surface area contributed by atoms with E-state index in [1.165, 1.54) is 0 Å². The minimum Gasteiger partial charge on any atom is -0.497 e. The zero-order chi connectivity index (χ0) is 20.4. The molecule has 2 heterocycles. The van der Waals surface area contributed by atoms with E-state index < -0.39 is 5.41 Å². The van der Waals surface area contributed by atoms with Crippen molar-refractivity contribution in [2.45, 2.75) is 25.2 Å². The van der Waals surface area contributed by atoms with Crippen LogP contribution < -0.4 is 14.8 Å². The summed E-state index contributed by atoms with van der Waals surface area (Å²) >= 11 is 0. The number of nitrogens with one attached hydrogen (secondary N) is 1. The number of aromatic nitrogens is 2. The van der Waals surface area contributed by atoms with Gasteiger partial charge in [-0.2, -0.15) is 0 Å². The average molecular weight is 391 g/mol. The summed E-state index contributed by atoms with van der Waals surface area (Å²) in [6, 6.07) is 15.2. The van der Waals surface area contributed by atoms with Gasteiger partial charge in [-0.05, 0) is 55.2 Å². The Bertz CT molecular complexity index is 1050. The van der Waals surface area contributed by atoms with Crippen LogP contribution in [0.15, 0.2) is 54.7 Å². The van der Waals surface area contributed by atoms with Crippen LogP contribution in [0.4, 0.5) is 5.82 Å². The predicted molar refractivity (Wildman–Crippen MR) is 113 cm³/mol. The highest BCUT2D eigenvalue weighted by Crippen LogP contribution is 2.49. The lowest BCUT2D eigenvalue weighted by molar-refractivity contribution is -0.118. The maximum atomic E-state index is 13.1. The molecule has 1 aliphatic carbocycles. The number of anilines is 1.